The van der Waals surface area contributed by atoms with E-state index in [1.807, 2.05) is 39.0 Å². The number of rotatable bonds is 2. The third-order valence-corrected chi connectivity index (χ3v) is 2.67. The highest BCUT2D eigenvalue weighted by Crippen LogP contribution is 2.29. The Morgan fingerprint density at radius 2 is 2.00 bits per heavy atom. The van der Waals surface area contributed by atoms with Gasteiger partial charge in [-0.1, -0.05) is 36.7 Å². The Morgan fingerprint density at radius 3 is 2.50 bits per heavy atom. The van der Waals surface area contributed by atoms with E-state index in [4.69, 9.17) is 10.1 Å². The molecule has 1 aromatic carbocycles. The monoisotopic (exact) mass is 284 g/mol. The molecule has 3 nitrogen and oxygen atoms in total. The molecule has 88 valence electrons. The molecule has 0 aliphatic rings. The van der Waals surface area contributed by atoms with E-state index in [1.54, 1.807) is 7.11 Å². The van der Waals surface area contributed by atoms with Crippen LogP contribution in [0, 0.1) is 10.8 Å². The van der Waals surface area contributed by atoms with Crippen molar-refractivity contribution >= 4 is 27.5 Å². The quantitative estimate of drug-likeness (QED) is 0.639. The summed E-state index contributed by atoms with van der Waals surface area (Å²) < 4.78 is 6.21. The molecule has 1 rings (SSSR count). The van der Waals surface area contributed by atoms with Crippen LogP contribution in [0.25, 0.3) is 0 Å². The van der Waals surface area contributed by atoms with Gasteiger partial charge >= 0.3 is 0 Å². The number of hydrogen-bond donors (Lipinski definition) is 2. The summed E-state index contributed by atoms with van der Waals surface area (Å²) in [7, 11) is 1.62. The fourth-order valence-electron chi connectivity index (χ4n) is 1.09. The predicted molar refractivity (Wildman–Crippen MR) is 71.5 cm³/mol. The van der Waals surface area contributed by atoms with Crippen molar-refractivity contribution in [2.75, 3.05) is 12.4 Å². The van der Waals surface area contributed by atoms with Crippen molar-refractivity contribution in [2.24, 2.45) is 5.41 Å². The molecule has 0 aliphatic heterocycles. The van der Waals surface area contributed by atoms with Crippen LogP contribution in [-0.4, -0.2) is 12.9 Å². The van der Waals surface area contributed by atoms with E-state index in [2.05, 4.69) is 21.2 Å². The number of benzene rings is 1. The molecule has 0 atom stereocenters. The Balaban J connectivity index is 2.93. The first-order chi connectivity index (χ1) is 7.34. The first-order valence-electron chi connectivity index (χ1n) is 5.04. The minimum Gasteiger partial charge on any atom is -0.495 e. The van der Waals surface area contributed by atoms with Crippen LogP contribution in [0.2, 0.25) is 0 Å². The fraction of sp³-hybridized carbons (Fsp3) is 0.417. The van der Waals surface area contributed by atoms with Crippen molar-refractivity contribution in [2.45, 2.75) is 20.8 Å². The number of ether oxygens (including phenoxy) is 1. The number of halogens is 1. The van der Waals surface area contributed by atoms with Crippen molar-refractivity contribution in [3.8, 4) is 5.75 Å². The van der Waals surface area contributed by atoms with Crippen LogP contribution >= 0.6 is 15.9 Å². The number of methoxy groups -OCH3 is 1. The third-order valence-electron chi connectivity index (χ3n) is 2.17. The first-order valence-corrected chi connectivity index (χ1v) is 5.83. The van der Waals surface area contributed by atoms with Gasteiger partial charge in [0.05, 0.1) is 12.8 Å². The molecule has 16 heavy (non-hydrogen) atoms. The lowest BCUT2D eigenvalue weighted by molar-refractivity contribution is 0.416. The Morgan fingerprint density at radius 1 is 1.38 bits per heavy atom. The maximum Gasteiger partial charge on any atom is 0.143 e. The van der Waals surface area contributed by atoms with Gasteiger partial charge in [-0.05, 0) is 18.2 Å². The summed E-state index contributed by atoms with van der Waals surface area (Å²) in [4.78, 5) is 0. The molecule has 0 fully saturated rings. The van der Waals surface area contributed by atoms with Crippen LogP contribution in [0.15, 0.2) is 22.7 Å². The van der Waals surface area contributed by atoms with Crippen molar-refractivity contribution < 1.29 is 4.74 Å². The minimum absolute atomic E-state index is 0.196. The Bertz CT molecular complexity index is 396. The molecule has 0 saturated carbocycles. The van der Waals surface area contributed by atoms with Crippen LogP contribution in [0.1, 0.15) is 20.8 Å². The fourth-order valence-corrected chi connectivity index (χ4v) is 1.43. The summed E-state index contributed by atoms with van der Waals surface area (Å²) in [5, 5.41) is 11.0. The van der Waals surface area contributed by atoms with Crippen LogP contribution in [-0.2, 0) is 0 Å². The molecule has 4 heteroatoms. The van der Waals surface area contributed by atoms with E-state index in [0.717, 1.165) is 15.9 Å². The largest absolute Gasteiger partial charge is 0.495 e. The van der Waals surface area contributed by atoms with Crippen molar-refractivity contribution in [1.82, 2.24) is 0 Å². The van der Waals surface area contributed by atoms with E-state index in [0.29, 0.717) is 5.84 Å². The van der Waals surface area contributed by atoms with Gasteiger partial charge in [-0.3, -0.25) is 5.41 Å². The zero-order valence-corrected chi connectivity index (χ0v) is 11.6. The van der Waals surface area contributed by atoms with Gasteiger partial charge in [0.15, 0.2) is 0 Å². The van der Waals surface area contributed by atoms with Crippen LogP contribution in [0.4, 0.5) is 5.69 Å². The van der Waals surface area contributed by atoms with Crippen LogP contribution < -0.4 is 10.1 Å². The van der Waals surface area contributed by atoms with E-state index < -0.39 is 0 Å². The number of anilines is 1. The van der Waals surface area contributed by atoms with Gasteiger partial charge in [-0.2, -0.15) is 0 Å². The van der Waals surface area contributed by atoms with E-state index >= 15 is 0 Å². The molecular formula is C12H17BrN2O. The smallest absolute Gasteiger partial charge is 0.143 e. The minimum atomic E-state index is -0.196. The maximum absolute atomic E-state index is 7.92. The SMILES string of the molecule is COc1cc(Br)ccc1NC(=N)C(C)(C)C. The van der Waals surface area contributed by atoms with Gasteiger partial charge in [-0.15, -0.1) is 0 Å². The van der Waals surface area contributed by atoms with Crippen LogP contribution in [0.3, 0.4) is 0 Å². The highest BCUT2D eigenvalue weighted by molar-refractivity contribution is 9.10. The molecule has 0 aliphatic carbocycles. The number of hydrogen-bond acceptors (Lipinski definition) is 2. The first kappa shape index (κ1) is 13.0. The highest BCUT2D eigenvalue weighted by atomic mass is 79.9. The lowest BCUT2D eigenvalue weighted by Crippen LogP contribution is -2.27. The zero-order valence-electron chi connectivity index (χ0n) is 10.0. The summed E-state index contributed by atoms with van der Waals surface area (Å²) >= 11 is 3.38. The third kappa shape index (κ3) is 3.23. The summed E-state index contributed by atoms with van der Waals surface area (Å²) in [5.41, 5.74) is 0.614. The number of nitrogens with one attached hydrogen (secondary N) is 2. The van der Waals surface area contributed by atoms with Gasteiger partial charge in [0, 0.05) is 9.89 Å². The van der Waals surface area contributed by atoms with Crippen LogP contribution in [0.5, 0.6) is 5.75 Å². The molecule has 0 saturated heterocycles. The lowest BCUT2D eigenvalue weighted by Gasteiger charge is -2.22. The summed E-state index contributed by atoms with van der Waals surface area (Å²) in [6.07, 6.45) is 0. The van der Waals surface area contributed by atoms with Crippen molar-refractivity contribution in [1.29, 1.82) is 5.41 Å². The normalized spacial score (nSPS) is 11.1. The predicted octanol–water partition coefficient (Wildman–Crippen LogP) is 3.89. The second kappa shape index (κ2) is 4.87. The van der Waals surface area contributed by atoms with Gasteiger partial charge < -0.3 is 10.1 Å². The zero-order chi connectivity index (χ0) is 12.3. The standard InChI is InChI=1S/C12H17BrN2O/c1-12(2,3)11(14)15-9-6-5-8(13)7-10(9)16-4/h5-7H,1-4H3,(H2,14,15). The molecule has 0 aromatic heterocycles. The highest BCUT2D eigenvalue weighted by Gasteiger charge is 2.18. The molecule has 0 heterocycles. The molecular weight excluding hydrogens is 268 g/mol. The molecule has 0 unspecified atom stereocenters. The lowest BCUT2D eigenvalue weighted by atomic mass is 9.95. The summed E-state index contributed by atoms with van der Waals surface area (Å²) in [6, 6.07) is 5.68. The molecule has 0 radical (unpaired) electrons. The Kier molecular flexibility index (Phi) is 3.97. The van der Waals surface area contributed by atoms with E-state index in [9.17, 15) is 0 Å². The second-order valence-corrected chi connectivity index (χ2v) is 5.51. The van der Waals surface area contributed by atoms with Gasteiger partial charge in [-0.25, -0.2) is 0 Å². The molecule has 2 N–H and O–H groups in total. The van der Waals surface area contributed by atoms with E-state index in [-0.39, 0.29) is 5.41 Å². The second-order valence-electron chi connectivity index (χ2n) is 4.59. The molecule has 1 aromatic rings. The maximum atomic E-state index is 7.92. The Labute approximate surface area is 105 Å². The van der Waals surface area contributed by atoms with Gasteiger partial charge in [0.1, 0.15) is 11.6 Å². The average molecular weight is 285 g/mol. The molecule has 0 spiro atoms. The van der Waals surface area contributed by atoms with Crippen molar-refractivity contribution in [3.63, 3.8) is 0 Å². The number of amidine groups is 1. The summed E-state index contributed by atoms with van der Waals surface area (Å²) in [6.45, 7) is 5.98. The topological polar surface area (TPSA) is 45.1 Å². The Hall–Kier alpha value is -1.03. The van der Waals surface area contributed by atoms with Gasteiger partial charge in [0.25, 0.3) is 0 Å². The molecule has 0 amide bonds. The van der Waals surface area contributed by atoms with Crippen molar-refractivity contribution in [3.05, 3.63) is 22.7 Å². The van der Waals surface area contributed by atoms with E-state index in [1.165, 1.54) is 0 Å². The summed E-state index contributed by atoms with van der Waals surface area (Å²) in [5.74, 6) is 1.19. The van der Waals surface area contributed by atoms with Gasteiger partial charge in [0.2, 0.25) is 0 Å². The molecule has 0 bridgehead atoms. The average Bonchev–Trinajstić information content (AvgIpc) is 2.19.